The molecule has 3 aromatic rings. The van der Waals surface area contributed by atoms with Crippen molar-refractivity contribution in [3.05, 3.63) is 72.1 Å². The first-order valence-electron chi connectivity index (χ1n) is 12.9. The molecular formula is C29H31F3N2O5. The largest absolute Gasteiger partial charge is 0.573 e. The zero-order valence-corrected chi connectivity index (χ0v) is 22.0. The minimum atomic E-state index is -4.83. The molecule has 0 unspecified atom stereocenters. The van der Waals surface area contributed by atoms with Crippen LogP contribution in [0.5, 0.6) is 5.75 Å². The number of ether oxygens (including phenoxy) is 3. The quantitative estimate of drug-likeness (QED) is 0.344. The molecule has 2 aliphatic heterocycles. The molecule has 2 aromatic carbocycles. The Morgan fingerprint density at radius 1 is 1.13 bits per heavy atom. The number of alkyl halides is 3. The van der Waals surface area contributed by atoms with Gasteiger partial charge < -0.3 is 18.6 Å². The van der Waals surface area contributed by atoms with Crippen LogP contribution in [-0.2, 0) is 9.47 Å². The van der Waals surface area contributed by atoms with Crippen LogP contribution in [0.1, 0.15) is 63.1 Å². The fraction of sp³-hybridized carbons (Fsp3) is 0.448. The molecule has 3 atom stereocenters. The van der Waals surface area contributed by atoms with Gasteiger partial charge in [-0.3, -0.25) is 4.90 Å². The van der Waals surface area contributed by atoms with Gasteiger partial charge in [0.2, 0.25) is 5.89 Å². The lowest BCUT2D eigenvalue weighted by atomic mass is 9.75. The Bertz CT molecular complexity index is 1290. The maximum atomic E-state index is 13.4. The molecule has 5 rings (SSSR count). The molecule has 0 aliphatic carbocycles. The van der Waals surface area contributed by atoms with Gasteiger partial charge in [-0.15, -0.1) is 13.2 Å². The molecule has 0 radical (unpaired) electrons. The molecule has 2 saturated heterocycles. The molecule has 2 aliphatic rings. The average Bonchev–Trinajstić information content (AvgIpc) is 3.53. The molecule has 0 N–H and O–H groups in total. The van der Waals surface area contributed by atoms with Crippen molar-refractivity contribution in [2.24, 2.45) is 0 Å². The highest BCUT2D eigenvalue weighted by atomic mass is 19.4. The summed E-state index contributed by atoms with van der Waals surface area (Å²) in [6.07, 6.45) is -0.522. The van der Waals surface area contributed by atoms with E-state index in [9.17, 15) is 18.0 Å². The van der Waals surface area contributed by atoms with Gasteiger partial charge in [0.25, 0.3) is 0 Å². The van der Waals surface area contributed by atoms with Crippen LogP contribution in [0.2, 0.25) is 0 Å². The van der Waals surface area contributed by atoms with Gasteiger partial charge in [-0.1, -0.05) is 30.3 Å². The van der Waals surface area contributed by atoms with Gasteiger partial charge in [0, 0.05) is 18.0 Å². The van der Waals surface area contributed by atoms with E-state index in [0.29, 0.717) is 42.8 Å². The minimum absolute atomic E-state index is 0.245. The Kier molecular flexibility index (Phi) is 7.09. The van der Waals surface area contributed by atoms with E-state index in [1.165, 1.54) is 30.7 Å². The molecule has 1 amide bonds. The maximum absolute atomic E-state index is 13.4. The second kappa shape index (κ2) is 10.2. The van der Waals surface area contributed by atoms with Crippen LogP contribution in [0, 0.1) is 0 Å². The molecule has 208 valence electrons. The van der Waals surface area contributed by atoms with Crippen molar-refractivity contribution in [2.45, 2.75) is 69.6 Å². The van der Waals surface area contributed by atoms with Crippen LogP contribution >= 0.6 is 0 Å². The highest BCUT2D eigenvalue weighted by Crippen LogP contribution is 2.52. The number of amides is 1. The van der Waals surface area contributed by atoms with Crippen molar-refractivity contribution in [1.82, 2.24) is 9.88 Å². The van der Waals surface area contributed by atoms with E-state index < -0.39 is 29.7 Å². The number of hydrogen-bond donors (Lipinski definition) is 0. The second-order valence-corrected chi connectivity index (χ2v) is 11.0. The van der Waals surface area contributed by atoms with Crippen LogP contribution in [0.15, 0.2) is 65.4 Å². The van der Waals surface area contributed by atoms with Crippen molar-refractivity contribution < 1.29 is 36.6 Å². The Morgan fingerprint density at radius 3 is 2.56 bits per heavy atom. The third kappa shape index (κ3) is 5.90. The van der Waals surface area contributed by atoms with Gasteiger partial charge in [0.05, 0.1) is 24.4 Å². The molecule has 2 fully saturated rings. The first-order valence-corrected chi connectivity index (χ1v) is 12.9. The summed E-state index contributed by atoms with van der Waals surface area (Å²) in [5.41, 5.74) is 0.612. The fourth-order valence-electron chi connectivity index (χ4n) is 5.73. The summed E-state index contributed by atoms with van der Waals surface area (Å²) in [5.74, 6) is -0.330. The number of rotatable bonds is 4. The number of piperidine rings is 1. The Balaban J connectivity index is 1.53. The number of carbonyl (C=O) groups is 1. The highest BCUT2D eigenvalue weighted by Gasteiger charge is 2.53. The van der Waals surface area contributed by atoms with Crippen molar-refractivity contribution in [1.29, 1.82) is 0 Å². The zero-order valence-electron chi connectivity index (χ0n) is 22.0. The Labute approximate surface area is 224 Å². The van der Waals surface area contributed by atoms with Gasteiger partial charge in [-0.05, 0) is 69.4 Å². The first-order chi connectivity index (χ1) is 18.4. The molecular weight excluding hydrogens is 513 g/mol. The lowest BCUT2D eigenvalue weighted by molar-refractivity contribution is -0.274. The normalized spacial score (nSPS) is 23.7. The monoisotopic (exact) mass is 544 g/mol. The van der Waals surface area contributed by atoms with E-state index in [-0.39, 0.29) is 18.3 Å². The fourth-order valence-corrected chi connectivity index (χ4v) is 5.73. The number of carbonyl (C=O) groups excluding carboxylic acids is 1. The molecule has 39 heavy (non-hydrogen) atoms. The predicted octanol–water partition coefficient (Wildman–Crippen LogP) is 7.26. The van der Waals surface area contributed by atoms with Crippen LogP contribution in [-0.4, -0.2) is 46.7 Å². The smallest absolute Gasteiger partial charge is 0.445 e. The lowest BCUT2D eigenvalue weighted by Crippen LogP contribution is -2.53. The summed E-state index contributed by atoms with van der Waals surface area (Å²) in [7, 11) is 0. The summed E-state index contributed by atoms with van der Waals surface area (Å²) < 4.78 is 61.2. The summed E-state index contributed by atoms with van der Waals surface area (Å²) >= 11 is 0. The summed E-state index contributed by atoms with van der Waals surface area (Å²) in [6.45, 7) is 6.22. The third-order valence-electron chi connectivity index (χ3n) is 7.08. The van der Waals surface area contributed by atoms with E-state index in [0.717, 1.165) is 5.56 Å². The van der Waals surface area contributed by atoms with Crippen LogP contribution < -0.4 is 4.74 Å². The Hall–Kier alpha value is -3.53. The molecule has 1 spiro atoms. The molecule has 7 nitrogen and oxygen atoms in total. The highest BCUT2D eigenvalue weighted by molar-refractivity contribution is 5.69. The number of halogens is 3. The van der Waals surface area contributed by atoms with Crippen molar-refractivity contribution in [2.75, 3.05) is 13.2 Å². The Morgan fingerprint density at radius 2 is 1.90 bits per heavy atom. The van der Waals surface area contributed by atoms with E-state index in [1.54, 1.807) is 4.90 Å². The zero-order chi connectivity index (χ0) is 27.8. The van der Waals surface area contributed by atoms with E-state index in [4.69, 9.17) is 13.9 Å². The number of likely N-dealkylation sites (tertiary alicyclic amines) is 1. The van der Waals surface area contributed by atoms with Crippen LogP contribution in [0.3, 0.4) is 0 Å². The third-order valence-corrected chi connectivity index (χ3v) is 7.08. The topological polar surface area (TPSA) is 74.0 Å². The van der Waals surface area contributed by atoms with E-state index >= 15 is 0 Å². The van der Waals surface area contributed by atoms with Crippen LogP contribution in [0.25, 0.3) is 11.5 Å². The van der Waals surface area contributed by atoms with E-state index in [2.05, 4.69) is 9.72 Å². The van der Waals surface area contributed by atoms with Gasteiger partial charge in [0.1, 0.15) is 17.6 Å². The van der Waals surface area contributed by atoms with Gasteiger partial charge in [-0.2, -0.15) is 0 Å². The predicted molar refractivity (Wildman–Crippen MR) is 136 cm³/mol. The molecule has 10 heteroatoms. The number of benzene rings is 2. The molecule has 1 aromatic heterocycles. The number of aromatic nitrogens is 1. The number of nitrogens with zero attached hydrogens (tertiary/aromatic N) is 2. The SMILES string of the molecule is CC(C)(C)OC(=O)N1CCC[C@@]2(C[C@H](c3cc(OC(F)(F)F)ccc3-c3ncco3)CO2)[C@@H]1c1ccccc1. The van der Waals surface area contributed by atoms with Crippen molar-refractivity contribution in [3.63, 3.8) is 0 Å². The van der Waals surface area contributed by atoms with Gasteiger partial charge >= 0.3 is 12.5 Å². The van der Waals surface area contributed by atoms with Crippen molar-refractivity contribution >= 4 is 6.09 Å². The number of oxazole rings is 1. The standard InChI is InChI=1S/C29H31F3N2O5/c1-27(2,3)39-26(35)34-14-7-12-28(24(34)19-8-5-4-6-9-19)17-20(18-37-28)23-16-21(38-29(30,31)32)10-11-22(23)25-33-13-15-36-25/h4-6,8-11,13,15-16,20,24H,7,12,14,17-18H2,1-3H3/t20-,24-,28+/m0/s1. The maximum Gasteiger partial charge on any atom is 0.573 e. The second-order valence-electron chi connectivity index (χ2n) is 11.0. The van der Waals surface area contributed by atoms with Gasteiger partial charge in [-0.25, -0.2) is 9.78 Å². The molecule has 0 bridgehead atoms. The van der Waals surface area contributed by atoms with Crippen LogP contribution in [0.4, 0.5) is 18.0 Å². The summed E-state index contributed by atoms with van der Waals surface area (Å²) in [4.78, 5) is 19.3. The summed E-state index contributed by atoms with van der Waals surface area (Å²) in [6, 6.07) is 13.4. The first kappa shape index (κ1) is 27.1. The van der Waals surface area contributed by atoms with Gasteiger partial charge in [0.15, 0.2) is 0 Å². The minimum Gasteiger partial charge on any atom is -0.445 e. The molecule has 3 heterocycles. The van der Waals surface area contributed by atoms with E-state index in [1.807, 2.05) is 51.1 Å². The molecule has 0 saturated carbocycles. The summed E-state index contributed by atoms with van der Waals surface area (Å²) in [5, 5.41) is 0. The lowest BCUT2D eigenvalue weighted by Gasteiger charge is -2.47. The van der Waals surface area contributed by atoms with Crippen molar-refractivity contribution in [3.8, 4) is 17.2 Å². The number of hydrogen-bond acceptors (Lipinski definition) is 6. The average molecular weight is 545 g/mol.